The zero-order chi connectivity index (χ0) is 9.86. The Kier molecular flexibility index (Phi) is 3.24. The van der Waals surface area contributed by atoms with Crippen molar-refractivity contribution in [1.82, 2.24) is 0 Å². The lowest BCUT2D eigenvalue weighted by molar-refractivity contribution is -0.867. The molecule has 0 amide bonds. The van der Waals surface area contributed by atoms with Crippen LogP contribution in [0.1, 0.15) is 44.9 Å². The number of quaternary nitrogens is 1. The molecule has 0 aromatic carbocycles. The van der Waals surface area contributed by atoms with E-state index in [9.17, 15) is 5.21 Å². The van der Waals surface area contributed by atoms with Crippen LogP contribution in [0.4, 0.5) is 0 Å². The zero-order valence-corrected chi connectivity index (χ0v) is 9.00. The van der Waals surface area contributed by atoms with Crippen molar-refractivity contribution in [1.29, 1.82) is 0 Å². The van der Waals surface area contributed by atoms with Gasteiger partial charge in [-0.25, -0.2) is 0 Å². The van der Waals surface area contributed by atoms with Crippen LogP contribution < -0.4 is 0 Å². The Labute approximate surface area is 86.8 Å². The van der Waals surface area contributed by atoms with E-state index in [-0.39, 0.29) is 4.65 Å². The number of hydroxylamine groups is 3. The van der Waals surface area contributed by atoms with Crippen LogP contribution in [-0.2, 0) is 0 Å². The monoisotopic (exact) mass is 195 g/mol. The van der Waals surface area contributed by atoms with Gasteiger partial charge in [-0.15, -0.1) is 0 Å². The van der Waals surface area contributed by atoms with Crippen molar-refractivity contribution in [2.75, 3.05) is 19.6 Å². The van der Waals surface area contributed by atoms with E-state index in [4.69, 9.17) is 0 Å². The minimum absolute atomic E-state index is 0.0946. The van der Waals surface area contributed by atoms with Crippen molar-refractivity contribution in [2.24, 2.45) is 0 Å². The summed E-state index contributed by atoms with van der Waals surface area (Å²) in [6.45, 7) is 2.58. The largest absolute Gasteiger partial charge is 0.633 e. The van der Waals surface area contributed by atoms with Crippen LogP contribution in [0, 0.1) is 5.21 Å². The molecule has 1 saturated heterocycles. The van der Waals surface area contributed by atoms with E-state index in [1.54, 1.807) is 5.57 Å². The number of rotatable bonds is 3. The highest BCUT2D eigenvalue weighted by Gasteiger charge is 2.22. The molecular formula is C12H21NO. The Morgan fingerprint density at radius 1 is 1.14 bits per heavy atom. The highest BCUT2D eigenvalue weighted by atomic mass is 16.5. The van der Waals surface area contributed by atoms with Crippen LogP contribution in [0.2, 0.25) is 0 Å². The third-order valence-electron chi connectivity index (χ3n) is 3.61. The fourth-order valence-corrected chi connectivity index (χ4v) is 2.61. The number of allylic oxidation sites excluding steroid dienone is 1. The first-order valence-electron chi connectivity index (χ1n) is 6.04. The molecule has 0 atom stereocenters. The molecule has 1 fully saturated rings. The molecule has 0 aromatic heterocycles. The molecular weight excluding hydrogens is 174 g/mol. The van der Waals surface area contributed by atoms with Crippen LogP contribution in [0.3, 0.4) is 0 Å². The molecule has 0 saturated carbocycles. The molecule has 0 radical (unpaired) electrons. The molecule has 0 spiro atoms. The quantitative estimate of drug-likeness (QED) is 0.386. The molecule has 0 unspecified atom stereocenters. The minimum Gasteiger partial charge on any atom is -0.633 e. The molecule has 2 aliphatic rings. The summed E-state index contributed by atoms with van der Waals surface area (Å²) in [6, 6.07) is 0. The minimum atomic E-state index is 0.0946. The van der Waals surface area contributed by atoms with Gasteiger partial charge in [-0.2, -0.15) is 0 Å². The smallest absolute Gasteiger partial charge is 0.0821 e. The number of hydrogen-bond donors (Lipinski definition) is 0. The SMILES string of the molecule is [O-][N+]1(CCC2=CCCCC2)CCCC1. The summed E-state index contributed by atoms with van der Waals surface area (Å²) in [5.41, 5.74) is 1.55. The maximum Gasteiger partial charge on any atom is 0.0821 e. The van der Waals surface area contributed by atoms with Gasteiger partial charge in [0.15, 0.2) is 0 Å². The molecule has 0 bridgehead atoms. The second-order valence-corrected chi connectivity index (χ2v) is 4.79. The Hall–Kier alpha value is -0.340. The van der Waals surface area contributed by atoms with Crippen molar-refractivity contribution in [3.63, 3.8) is 0 Å². The van der Waals surface area contributed by atoms with E-state index in [0.29, 0.717) is 0 Å². The van der Waals surface area contributed by atoms with Gasteiger partial charge in [-0.1, -0.05) is 11.6 Å². The zero-order valence-electron chi connectivity index (χ0n) is 9.00. The lowest BCUT2D eigenvalue weighted by atomic mass is 9.97. The molecule has 1 aliphatic heterocycles. The highest BCUT2D eigenvalue weighted by Crippen LogP contribution is 2.24. The van der Waals surface area contributed by atoms with E-state index >= 15 is 0 Å². The van der Waals surface area contributed by atoms with Gasteiger partial charge in [-0.3, -0.25) is 0 Å². The van der Waals surface area contributed by atoms with Gasteiger partial charge in [0.2, 0.25) is 0 Å². The van der Waals surface area contributed by atoms with Crippen molar-refractivity contribution >= 4 is 0 Å². The fraction of sp³-hybridized carbons (Fsp3) is 0.833. The average Bonchev–Trinajstić information content (AvgIpc) is 2.65. The van der Waals surface area contributed by atoms with Crippen molar-refractivity contribution in [3.8, 4) is 0 Å². The molecule has 0 N–H and O–H groups in total. The summed E-state index contributed by atoms with van der Waals surface area (Å²) in [5, 5.41) is 12.1. The standard InChI is InChI=1S/C12H21NO/c14-13(9-4-5-10-13)11-8-12-6-2-1-3-7-12/h6H,1-5,7-11H2. The van der Waals surface area contributed by atoms with E-state index < -0.39 is 0 Å². The van der Waals surface area contributed by atoms with E-state index in [0.717, 1.165) is 38.9 Å². The Morgan fingerprint density at radius 2 is 1.93 bits per heavy atom. The summed E-state index contributed by atoms with van der Waals surface area (Å²) < 4.78 is 0.0946. The third kappa shape index (κ3) is 2.58. The first kappa shape index (κ1) is 10.2. The molecule has 1 aliphatic carbocycles. The predicted octanol–water partition coefficient (Wildman–Crippen LogP) is 2.99. The average molecular weight is 195 g/mol. The molecule has 14 heavy (non-hydrogen) atoms. The topological polar surface area (TPSA) is 23.1 Å². The van der Waals surface area contributed by atoms with E-state index in [1.165, 1.54) is 25.7 Å². The lowest BCUT2D eigenvalue weighted by Crippen LogP contribution is -2.39. The van der Waals surface area contributed by atoms with Gasteiger partial charge in [-0.05, 0) is 25.7 Å². The summed E-state index contributed by atoms with van der Waals surface area (Å²) in [4.78, 5) is 0. The molecule has 2 nitrogen and oxygen atoms in total. The predicted molar refractivity (Wildman–Crippen MR) is 58.6 cm³/mol. The summed E-state index contributed by atoms with van der Waals surface area (Å²) >= 11 is 0. The molecule has 2 heteroatoms. The van der Waals surface area contributed by atoms with Gasteiger partial charge in [0, 0.05) is 19.3 Å². The summed E-state index contributed by atoms with van der Waals surface area (Å²) in [7, 11) is 0. The number of likely N-dealkylation sites (tertiary alicyclic amines) is 1. The maximum atomic E-state index is 12.1. The second kappa shape index (κ2) is 4.45. The Bertz CT molecular complexity index is 216. The normalized spacial score (nSPS) is 26.2. The van der Waals surface area contributed by atoms with Crippen LogP contribution in [0.25, 0.3) is 0 Å². The summed E-state index contributed by atoms with van der Waals surface area (Å²) in [5.74, 6) is 0. The van der Waals surface area contributed by atoms with Crippen LogP contribution >= 0.6 is 0 Å². The number of nitrogens with zero attached hydrogens (tertiary/aromatic N) is 1. The van der Waals surface area contributed by atoms with Crippen molar-refractivity contribution in [2.45, 2.75) is 44.9 Å². The molecule has 80 valence electrons. The van der Waals surface area contributed by atoms with Gasteiger partial charge in [0.25, 0.3) is 0 Å². The van der Waals surface area contributed by atoms with Crippen LogP contribution in [-0.4, -0.2) is 24.3 Å². The summed E-state index contributed by atoms with van der Waals surface area (Å²) in [6.07, 6.45) is 10.9. The second-order valence-electron chi connectivity index (χ2n) is 4.79. The van der Waals surface area contributed by atoms with Crippen LogP contribution in [0.5, 0.6) is 0 Å². The Balaban J connectivity index is 1.78. The molecule has 2 rings (SSSR count). The van der Waals surface area contributed by atoms with Crippen molar-refractivity contribution < 1.29 is 4.65 Å². The first-order chi connectivity index (χ1) is 6.79. The van der Waals surface area contributed by atoms with Crippen LogP contribution in [0.15, 0.2) is 11.6 Å². The fourth-order valence-electron chi connectivity index (χ4n) is 2.61. The first-order valence-corrected chi connectivity index (χ1v) is 6.04. The molecule has 0 aromatic rings. The van der Waals surface area contributed by atoms with E-state index in [1.807, 2.05) is 0 Å². The highest BCUT2D eigenvalue weighted by molar-refractivity contribution is 5.04. The lowest BCUT2D eigenvalue weighted by Gasteiger charge is -2.38. The third-order valence-corrected chi connectivity index (χ3v) is 3.61. The Morgan fingerprint density at radius 3 is 2.57 bits per heavy atom. The van der Waals surface area contributed by atoms with Gasteiger partial charge in [0.05, 0.1) is 19.6 Å². The van der Waals surface area contributed by atoms with E-state index in [2.05, 4.69) is 6.08 Å². The maximum absolute atomic E-state index is 12.1. The molecule has 1 heterocycles. The van der Waals surface area contributed by atoms with Gasteiger partial charge >= 0.3 is 0 Å². The number of hydrogen-bond acceptors (Lipinski definition) is 1. The van der Waals surface area contributed by atoms with Gasteiger partial charge in [0.1, 0.15) is 0 Å². The van der Waals surface area contributed by atoms with Crippen molar-refractivity contribution in [3.05, 3.63) is 16.9 Å². The van der Waals surface area contributed by atoms with Gasteiger partial charge < -0.3 is 9.85 Å².